The lowest BCUT2D eigenvalue weighted by Crippen LogP contribution is -2.34. The van der Waals surface area contributed by atoms with Gasteiger partial charge in [0.15, 0.2) is 0 Å². The number of rotatable bonds is 7. The number of aliphatic hydroxyl groups is 1. The Hall–Kier alpha value is -0.710. The average molecular weight is 269 g/mol. The molecule has 1 aromatic rings. The molecule has 0 aliphatic heterocycles. The molecule has 3 nitrogen and oxygen atoms in total. The molecular weight excluding hydrogens is 246 g/mol. The lowest BCUT2D eigenvalue weighted by molar-refractivity contribution is 0.270. The van der Waals surface area contributed by atoms with Gasteiger partial charge in [0.05, 0.1) is 10.8 Å². The minimum Gasteiger partial charge on any atom is -0.396 e. The fraction of sp³-hybridized carbons (Fsp3) is 0.571. The van der Waals surface area contributed by atoms with Crippen LogP contribution in [0, 0.1) is 13.8 Å². The Bertz CT molecular complexity index is 401. The summed E-state index contributed by atoms with van der Waals surface area (Å²) < 4.78 is 12.3. The van der Waals surface area contributed by atoms with Crippen LogP contribution in [0.5, 0.6) is 0 Å². The highest BCUT2D eigenvalue weighted by molar-refractivity contribution is 7.85. The van der Waals surface area contributed by atoms with E-state index in [1.165, 1.54) is 11.1 Å². The quantitative estimate of drug-likeness (QED) is 0.793. The van der Waals surface area contributed by atoms with Crippen LogP contribution in [0.4, 0.5) is 0 Å². The van der Waals surface area contributed by atoms with Crippen molar-refractivity contribution in [3.63, 3.8) is 0 Å². The van der Waals surface area contributed by atoms with Gasteiger partial charge < -0.3 is 10.4 Å². The lowest BCUT2D eigenvalue weighted by Gasteiger charge is -2.16. The number of aliphatic hydroxyl groups excluding tert-OH is 1. The van der Waals surface area contributed by atoms with E-state index in [1.54, 1.807) is 0 Å². The molecule has 0 bridgehead atoms. The molecular formula is C14H23NO2S. The molecule has 2 atom stereocenters. The minimum atomic E-state index is -1.01. The van der Waals surface area contributed by atoms with Crippen molar-refractivity contribution >= 4 is 10.8 Å². The molecule has 102 valence electrons. The summed E-state index contributed by atoms with van der Waals surface area (Å²) in [5.41, 5.74) is 2.39. The van der Waals surface area contributed by atoms with E-state index in [0.29, 0.717) is 12.2 Å². The molecule has 1 rings (SSSR count). The highest BCUT2D eigenvalue weighted by Gasteiger charge is 2.13. The van der Waals surface area contributed by atoms with Gasteiger partial charge in [-0.1, -0.05) is 13.0 Å². The number of hydrogen-bond donors (Lipinski definition) is 2. The Morgan fingerprint density at radius 1 is 1.33 bits per heavy atom. The molecule has 0 fully saturated rings. The van der Waals surface area contributed by atoms with Gasteiger partial charge in [0.2, 0.25) is 0 Å². The first-order chi connectivity index (χ1) is 8.58. The van der Waals surface area contributed by atoms with Crippen molar-refractivity contribution in [3.8, 4) is 0 Å². The van der Waals surface area contributed by atoms with Gasteiger partial charge in [-0.05, 0) is 50.1 Å². The normalized spacial score (nSPS) is 14.4. The van der Waals surface area contributed by atoms with Crippen molar-refractivity contribution in [3.05, 3.63) is 29.3 Å². The van der Waals surface area contributed by atoms with Crippen LogP contribution >= 0.6 is 0 Å². The third kappa shape index (κ3) is 4.52. The number of benzene rings is 1. The van der Waals surface area contributed by atoms with Crippen LogP contribution in [0.3, 0.4) is 0 Å². The van der Waals surface area contributed by atoms with Gasteiger partial charge in [-0.3, -0.25) is 4.21 Å². The van der Waals surface area contributed by atoms with Crippen molar-refractivity contribution < 1.29 is 9.32 Å². The molecule has 0 radical (unpaired) electrons. The van der Waals surface area contributed by atoms with Gasteiger partial charge in [-0.25, -0.2) is 0 Å². The zero-order chi connectivity index (χ0) is 13.5. The summed E-state index contributed by atoms with van der Waals surface area (Å²) in [6.07, 6.45) is 0.643. The maximum atomic E-state index is 12.3. The Labute approximate surface area is 112 Å². The van der Waals surface area contributed by atoms with E-state index in [2.05, 4.69) is 12.2 Å². The van der Waals surface area contributed by atoms with Gasteiger partial charge in [0, 0.05) is 23.3 Å². The Morgan fingerprint density at radius 2 is 2.06 bits per heavy atom. The SMILES string of the molecule is CCNC(CCO)CS(=O)c1ccc(C)c(C)c1. The monoisotopic (exact) mass is 269 g/mol. The van der Waals surface area contributed by atoms with Crippen LogP contribution in [-0.2, 0) is 10.8 Å². The van der Waals surface area contributed by atoms with Gasteiger partial charge >= 0.3 is 0 Å². The first-order valence-electron chi connectivity index (χ1n) is 6.38. The van der Waals surface area contributed by atoms with Gasteiger partial charge in [-0.15, -0.1) is 0 Å². The maximum absolute atomic E-state index is 12.3. The topological polar surface area (TPSA) is 49.3 Å². The van der Waals surface area contributed by atoms with Crippen LogP contribution in [0.1, 0.15) is 24.5 Å². The van der Waals surface area contributed by atoms with Crippen molar-refractivity contribution in [2.24, 2.45) is 0 Å². The standard InChI is InChI=1S/C14H23NO2S/c1-4-15-13(7-8-16)10-18(17)14-6-5-11(2)12(3)9-14/h5-6,9,13,15-16H,4,7-8,10H2,1-3H3. The van der Waals surface area contributed by atoms with Crippen LogP contribution < -0.4 is 5.32 Å². The lowest BCUT2D eigenvalue weighted by atomic mass is 10.1. The zero-order valence-electron chi connectivity index (χ0n) is 11.4. The molecule has 0 aliphatic rings. The number of aryl methyl sites for hydroxylation is 2. The molecule has 2 N–H and O–H groups in total. The van der Waals surface area contributed by atoms with Crippen molar-refractivity contribution in [2.45, 2.75) is 38.1 Å². The molecule has 0 spiro atoms. The van der Waals surface area contributed by atoms with E-state index in [4.69, 9.17) is 5.11 Å². The van der Waals surface area contributed by atoms with Crippen LogP contribution in [-0.4, -0.2) is 34.3 Å². The van der Waals surface area contributed by atoms with E-state index < -0.39 is 10.8 Å². The highest BCUT2D eigenvalue weighted by atomic mass is 32.2. The molecule has 0 aromatic heterocycles. The van der Waals surface area contributed by atoms with Gasteiger partial charge in [0.1, 0.15) is 0 Å². The van der Waals surface area contributed by atoms with Crippen molar-refractivity contribution in [1.29, 1.82) is 0 Å². The fourth-order valence-electron chi connectivity index (χ4n) is 1.82. The second-order valence-corrected chi connectivity index (χ2v) is 6.02. The molecule has 0 saturated heterocycles. The second kappa shape index (κ2) is 7.67. The molecule has 0 heterocycles. The van der Waals surface area contributed by atoms with E-state index in [0.717, 1.165) is 11.4 Å². The minimum absolute atomic E-state index is 0.113. The van der Waals surface area contributed by atoms with E-state index >= 15 is 0 Å². The summed E-state index contributed by atoms with van der Waals surface area (Å²) in [5.74, 6) is 0.552. The molecule has 1 aromatic carbocycles. The summed E-state index contributed by atoms with van der Waals surface area (Å²) in [5, 5.41) is 12.2. The summed E-state index contributed by atoms with van der Waals surface area (Å²) >= 11 is 0. The highest BCUT2D eigenvalue weighted by Crippen LogP contribution is 2.14. The molecule has 4 heteroatoms. The maximum Gasteiger partial charge on any atom is 0.0545 e. The van der Waals surface area contributed by atoms with Crippen LogP contribution in [0.2, 0.25) is 0 Å². The Morgan fingerprint density at radius 3 is 2.61 bits per heavy atom. The van der Waals surface area contributed by atoms with Gasteiger partial charge in [-0.2, -0.15) is 0 Å². The summed E-state index contributed by atoms with van der Waals surface area (Å²) in [4.78, 5) is 0.874. The van der Waals surface area contributed by atoms with E-state index in [-0.39, 0.29) is 12.6 Å². The third-order valence-corrected chi connectivity index (χ3v) is 4.55. The predicted octanol–water partition coefficient (Wildman–Crippen LogP) is 1.77. The molecule has 2 unspecified atom stereocenters. The predicted molar refractivity (Wildman–Crippen MR) is 76.4 cm³/mol. The average Bonchev–Trinajstić information content (AvgIpc) is 2.33. The Kier molecular flexibility index (Phi) is 6.54. The Balaban J connectivity index is 2.70. The molecule has 0 saturated carbocycles. The second-order valence-electron chi connectivity index (χ2n) is 4.53. The summed E-state index contributed by atoms with van der Waals surface area (Å²) in [6, 6.07) is 6.05. The smallest absolute Gasteiger partial charge is 0.0545 e. The number of nitrogens with one attached hydrogen (secondary N) is 1. The number of hydrogen-bond acceptors (Lipinski definition) is 3. The van der Waals surface area contributed by atoms with E-state index in [1.807, 2.05) is 32.0 Å². The largest absolute Gasteiger partial charge is 0.396 e. The summed E-state index contributed by atoms with van der Waals surface area (Å²) in [7, 11) is -1.01. The molecule has 0 amide bonds. The van der Waals surface area contributed by atoms with Crippen LogP contribution in [0.15, 0.2) is 23.1 Å². The van der Waals surface area contributed by atoms with Gasteiger partial charge in [0.25, 0.3) is 0 Å². The first-order valence-corrected chi connectivity index (χ1v) is 7.70. The van der Waals surface area contributed by atoms with E-state index in [9.17, 15) is 4.21 Å². The zero-order valence-corrected chi connectivity index (χ0v) is 12.2. The van der Waals surface area contributed by atoms with Crippen molar-refractivity contribution in [1.82, 2.24) is 5.32 Å². The molecule has 0 aliphatic carbocycles. The fourth-order valence-corrected chi connectivity index (χ4v) is 3.19. The van der Waals surface area contributed by atoms with Crippen molar-refractivity contribution in [2.75, 3.05) is 18.9 Å². The third-order valence-electron chi connectivity index (χ3n) is 3.06. The van der Waals surface area contributed by atoms with Crippen LogP contribution in [0.25, 0.3) is 0 Å². The first kappa shape index (κ1) is 15.3. The summed E-state index contributed by atoms with van der Waals surface area (Å²) in [6.45, 7) is 7.06. The molecule has 18 heavy (non-hydrogen) atoms.